The zero-order valence-corrected chi connectivity index (χ0v) is 32.1. The summed E-state index contributed by atoms with van der Waals surface area (Å²) in [5.41, 5.74) is 6.79. The number of nitrogens with zero attached hydrogens (tertiary/aromatic N) is 6. The highest BCUT2D eigenvalue weighted by molar-refractivity contribution is 5.88. The number of nitrogens with one attached hydrogen (secondary N) is 3. The summed E-state index contributed by atoms with van der Waals surface area (Å²) in [5.74, 6) is -1.40. The van der Waals surface area contributed by atoms with Gasteiger partial charge in [0.05, 0.1) is 33.6 Å². The standard InChI is InChI=1S/C14H19N3O2.C13H17N3O2.C12H14FN3O2/c1-9-7-17(8-10(2)15-9)12-6-4-5-11-13(12)19-14(18)16(11)3;1-2-16-11-5-3-4-10(12(11)18-13(16)17)15-8-6-14-7-9-15;1-15-9-6-8(13)7-10(11(9)18-12(15)17)16-4-2-14-3-5-16/h4-6,9-10,15H,7-8H2,1-3H3;3-5,14H,2,6-9H2,1H3;6-7,14H,2-5H2,1H3/t9-,10+;;. The van der Waals surface area contributed by atoms with E-state index in [0.717, 1.165) is 87.9 Å². The maximum absolute atomic E-state index is 13.6. The van der Waals surface area contributed by atoms with Gasteiger partial charge < -0.3 is 43.9 Å². The highest BCUT2D eigenvalue weighted by Crippen LogP contribution is 2.29. The maximum Gasteiger partial charge on any atom is 0.420 e. The fourth-order valence-electron chi connectivity index (χ4n) is 7.75. The molecule has 0 bridgehead atoms. The summed E-state index contributed by atoms with van der Waals surface area (Å²) in [5, 5.41) is 10.1. The van der Waals surface area contributed by atoms with Crippen LogP contribution in [0.5, 0.6) is 0 Å². The van der Waals surface area contributed by atoms with E-state index >= 15 is 0 Å². The Morgan fingerprint density at radius 3 is 1.69 bits per heavy atom. The molecular weight excluding hydrogens is 709 g/mol. The number of hydrogen-bond acceptors (Lipinski definition) is 12. The van der Waals surface area contributed by atoms with Gasteiger partial charge in [0.15, 0.2) is 16.7 Å². The molecule has 3 fully saturated rings. The lowest BCUT2D eigenvalue weighted by Gasteiger charge is -2.37. The van der Waals surface area contributed by atoms with Crippen molar-refractivity contribution in [3.05, 3.63) is 86.0 Å². The quantitative estimate of drug-likeness (QED) is 0.243. The van der Waals surface area contributed by atoms with Crippen LogP contribution in [0.3, 0.4) is 0 Å². The van der Waals surface area contributed by atoms with E-state index in [0.29, 0.717) is 46.6 Å². The minimum atomic E-state index is -0.466. The average molecular weight is 760 g/mol. The van der Waals surface area contributed by atoms with Crippen LogP contribution in [0, 0.1) is 5.82 Å². The molecule has 3 aromatic carbocycles. The minimum Gasteiger partial charge on any atom is -0.405 e. The highest BCUT2D eigenvalue weighted by Gasteiger charge is 2.24. The molecule has 3 N–H and O–H groups in total. The van der Waals surface area contributed by atoms with Crippen LogP contribution in [-0.4, -0.2) is 91.2 Å². The number of anilines is 3. The predicted octanol–water partition coefficient (Wildman–Crippen LogP) is 3.02. The van der Waals surface area contributed by atoms with Gasteiger partial charge in [0, 0.05) is 110 Å². The van der Waals surface area contributed by atoms with Gasteiger partial charge in [-0.2, -0.15) is 0 Å². The summed E-state index contributed by atoms with van der Waals surface area (Å²) >= 11 is 0. The molecule has 0 unspecified atom stereocenters. The van der Waals surface area contributed by atoms with Crippen molar-refractivity contribution < 1.29 is 17.6 Å². The summed E-state index contributed by atoms with van der Waals surface area (Å²) < 4.78 is 34.2. The van der Waals surface area contributed by atoms with Gasteiger partial charge in [-0.05, 0) is 45.0 Å². The maximum atomic E-state index is 13.6. The van der Waals surface area contributed by atoms with Gasteiger partial charge in [0.25, 0.3) is 0 Å². The molecule has 3 aliphatic heterocycles. The van der Waals surface area contributed by atoms with Gasteiger partial charge in [0.2, 0.25) is 0 Å². The zero-order chi connectivity index (χ0) is 38.8. The molecule has 16 heteroatoms. The van der Waals surface area contributed by atoms with Gasteiger partial charge in [-0.3, -0.25) is 13.7 Å². The van der Waals surface area contributed by atoms with Crippen LogP contribution in [0.4, 0.5) is 21.5 Å². The Morgan fingerprint density at radius 1 is 0.636 bits per heavy atom. The van der Waals surface area contributed by atoms with Gasteiger partial charge in [-0.1, -0.05) is 12.1 Å². The van der Waals surface area contributed by atoms with Crippen molar-refractivity contribution in [2.75, 3.05) is 80.1 Å². The van der Waals surface area contributed by atoms with Crippen molar-refractivity contribution in [1.82, 2.24) is 29.7 Å². The van der Waals surface area contributed by atoms with Crippen LogP contribution in [0.2, 0.25) is 0 Å². The number of fused-ring (bicyclic) bond motifs is 3. The van der Waals surface area contributed by atoms with E-state index in [9.17, 15) is 18.8 Å². The fraction of sp³-hybridized carbons (Fsp3) is 0.462. The summed E-state index contributed by atoms with van der Waals surface area (Å²) in [4.78, 5) is 41.6. The molecule has 9 rings (SSSR count). The summed E-state index contributed by atoms with van der Waals surface area (Å²) in [6.45, 7) is 15.8. The van der Waals surface area contributed by atoms with Crippen LogP contribution >= 0.6 is 0 Å². The van der Waals surface area contributed by atoms with Crippen molar-refractivity contribution >= 4 is 50.4 Å². The van der Waals surface area contributed by atoms with Crippen LogP contribution < -0.4 is 47.9 Å². The van der Waals surface area contributed by atoms with E-state index < -0.39 is 5.76 Å². The lowest BCUT2D eigenvalue weighted by atomic mass is 10.1. The zero-order valence-electron chi connectivity index (χ0n) is 32.1. The monoisotopic (exact) mass is 759 g/mol. The number of hydrogen-bond donors (Lipinski definition) is 3. The van der Waals surface area contributed by atoms with Crippen molar-refractivity contribution in [3.8, 4) is 0 Å². The van der Waals surface area contributed by atoms with E-state index in [1.165, 1.54) is 16.7 Å². The van der Waals surface area contributed by atoms with Gasteiger partial charge in [-0.15, -0.1) is 0 Å². The first-order chi connectivity index (χ1) is 26.5. The van der Waals surface area contributed by atoms with Gasteiger partial charge in [0.1, 0.15) is 5.82 Å². The predicted molar refractivity (Wildman–Crippen MR) is 213 cm³/mol. The molecule has 6 heterocycles. The van der Waals surface area contributed by atoms with Crippen molar-refractivity contribution in [1.29, 1.82) is 0 Å². The molecule has 3 aromatic heterocycles. The minimum absolute atomic E-state index is 0.268. The highest BCUT2D eigenvalue weighted by atomic mass is 19.1. The number of aryl methyl sites for hydroxylation is 3. The third-order valence-corrected chi connectivity index (χ3v) is 10.4. The Kier molecular flexibility index (Phi) is 11.2. The van der Waals surface area contributed by atoms with Crippen LogP contribution in [-0.2, 0) is 20.6 Å². The number of oxazole rings is 3. The molecule has 0 spiro atoms. The summed E-state index contributed by atoms with van der Waals surface area (Å²) in [6.07, 6.45) is 0. The molecule has 0 amide bonds. The molecule has 55 heavy (non-hydrogen) atoms. The first kappa shape index (κ1) is 38.0. The van der Waals surface area contributed by atoms with Crippen molar-refractivity contribution in [3.63, 3.8) is 0 Å². The van der Waals surface area contributed by atoms with Crippen LogP contribution in [0.15, 0.2) is 76.2 Å². The second-order valence-electron chi connectivity index (χ2n) is 14.3. The van der Waals surface area contributed by atoms with E-state index in [1.807, 2.05) is 48.2 Å². The molecule has 3 aliphatic rings. The van der Waals surface area contributed by atoms with E-state index in [4.69, 9.17) is 13.3 Å². The Morgan fingerprint density at radius 2 is 1.11 bits per heavy atom. The van der Waals surface area contributed by atoms with E-state index in [-0.39, 0.29) is 17.3 Å². The fourth-order valence-corrected chi connectivity index (χ4v) is 7.75. The smallest absolute Gasteiger partial charge is 0.405 e. The SMILES string of the molecule is CCn1c(=O)oc2c(N3CCNCC3)cccc21.C[C@@H]1CN(c2cccc3c2oc(=O)n3C)C[C@H](C)N1.Cn1c(=O)oc2c(N3CCNCC3)cc(F)cc21. The lowest BCUT2D eigenvalue weighted by molar-refractivity contribution is 0.406. The molecule has 3 saturated heterocycles. The van der Waals surface area contributed by atoms with E-state index in [2.05, 4.69) is 39.6 Å². The van der Waals surface area contributed by atoms with E-state index in [1.54, 1.807) is 23.2 Å². The Bertz CT molecular complexity index is 2440. The molecular formula is C39H50FN9O6. The Labute approximate surface area is 316 Å². The molecule has 2 atom stereocenters. The largest absolute Gasteiger partial charge is 0.420 e. The first-order valence-electron chi connectivity index (χ1n) is 19.0. The Balaban J connectivity index is 0.000000127. The van der Waals surface area contributed by atoms with Crippen molar-refractivity contribution in [2.24, 2.45) is 14.1 Å². The van der Waals surface area contributed by atoms with Crippen LogP contribution in [0.25, 0.3) is 33.3 Å². The molecule has 0 saturated carbocycles. The van der Waals surface area contributed by atoms with Gasteiger partial charge >= 0.3 is 17.3 Å². The molecule has 6 aromatic rings. The average Bonchev–Trinajstić information content (AvgIpc) is 3.79. The summed E-state index contributed by atoms with van der Waals surface area (Å²) in [6, 6.07) is 15.5. The Hall–Kier alpha value is -5.32. The number of piperazine rings is 3. The number of benzene rings is 3. The third kappa shape index (κ3) is 7.79. The first-order valence-corrected chi connectivity index (χ1v) is 19.0. The van der Waals surface area contributed by atoms with Gasteiger partial charge in [-0.25, -0.2) is 18.8 Å². The van der Waals surface area contributed by atoms with Crippen molar-refractivity contribution in [2.45, 2.75) is 39.4 Å². The molecule has 15 nitrogen and oxygen atoms in total. The molecule has 0 aliphatic carbocycles. The third-order valence-electron chi connectivity index (χ3n) is 10.4. The topological polar surface area (TPSA) is 151 Å². The molecule has 294 valence electrons. The second-order valence-corrected chi connectivity index (χ2v) is 14.3. The lowest BCUT2D eigenvalue weighted by Crippen LogP contribution is -2.54. The number of aromatic nitrogens is 3. The number of halogens is 1. The summed E-state index contributed by atoms with van der Waals surface area (Å²) in [7, 11) is 3.32. The second kappa shape index (κ2) is 16.2. The number of para-hydroxylation sites is 2. The normalized spacial score (nSPS) is 19.1. The molecule has 0 radical (unpaired) electrons. The van der Waals surface area contributed by atoms with Crippen LogP contribution in [0.1, 0.15) is 20.8 Å². The number of rotatable bonds is 4.